The molecule has 1 atom stereocenters. The SMILES string of the molecule is C1=Cc2c(sc3ccc(-c4ccc(N(c5ccc(-c6ccc7sc8ccccc8c7c6)cc5)C5C=Cc6c(c7ccccc7c7ccccc67)C5)cc4)cc23)CC1. The van der Waals surface area contributed by atoms with E-state index >= 15 is 0 Å². The van der Waals surface area contributed by atoms with Crippen LogP contribution in [-0.4, -0.2) is 6.04 Å². The number of nitrogens with zero attached hydrogens (tertiary/aromatic N) is 1. The zero-order chi connectivity index (χ0) is 37.5. The maximum atomic E-state index is 2.55. The highest BCUT2D eigenvalue weighted by Crippen LogP contribution is 2.43. The molecule has 270 valence electrons. The topological polar surface area (TPSA) is 3.24 Å². The summed E-state index contributed by atoms with van der Waals surface area (Å²) in [6, 6.07) is 59.2. The molecule has 2 aromatic heterocycles. The van der Waals surface area contributed by atoms with Crippen LogP contribution in [0, 0.1) is 0 Å². The molecular weight excluding hydrogens is 727 g/mol. The molecule has 0 amide bonds. The third kappa shape index (κ3) is 5.41. The first-order valence-corrected chi connectivity index (χ1v) is 21.6. The van der Waals surface area contributed by atoms with Crippen molar-refractivity contribution in [1.82, 2.24) is 0 Å². The summed E-state index contributed by atoms with van der Waals surface area (Å²) in [4.78, 5) is 4.07. The van der Waals surface area contributed by atoms with Crippen molar-refractivity contribution in [2.45, 2.75) is 25.3 Å². The van der Waals surface area contributed by atoms with Gasteiger partial charge in [-0.3, -0.25) is 0 Å². The molecule has 0 saturated carbocycles. The van der Waals surface area contributed by atoms with Crippen molar-refractivity contribution in [2.24, 2.45) is 0 Å². The number of hydrogen-bond donors (Lipinski definition) is 0. The van der Waals surface area contributed by atoms with Gasteiger partial charge in [0.15, 0.2) is 0 Å². The van der Waals surface area contributed by atoms with E-state index in [1.807, 2.05) is 22.7 Å². The minimum atomic E-state index is 0.132. The summed E-state index contributed by atoms with van der Waals surface area (Å²) in [6.07, 6.45) is 12.7. The van der Waals surface area contributed by atoms with Gasteiger partial charge in [-0.1, -0.05) is 127 Å². The Morgan fingerprint density at radius 1 is 0.439 bits per heavy atom. The summed E-state index contributed by atoms with van der Waals surface area (Å²) in [5, 5.41) is 9.38. The molecule has 2 heterocycles. The molecule has 8 aromatic carbocycles. The summed E-state index contributed by atoms with van der Waals surface area (Å²) < 4.78 is 4.06. The van der Waals surface area contributed by atoms with Crippen LogP contribution in [0.4, 0.5) is 11.4 Å². The molecule has 2 aliphatic carbocycles. The van der Waals surface area contributed by atoms with E-state index in [1.165, 1.54) is 107 Å². The summed E-state index contributed by atoms with van der Waals surface area (Å²) >= 11 is 3.83. The molecule has 1 unspecified atom stereocenters. The zero-order valence-corrected chi connectivity index (χ0v) is 32.9. The Labute approximate surface area is 340 Å². The van der Waals surface area contributed by atoms with Gasteiger partial charge in [0.1, 0.15) is 0 Å². The van der Waals surface area contributed by atoms with Gasteiger partial charge in [0.2, 0.25) is 0 Å². The Hall–Kier alpha value is -6.26. The Bertz CT molecular complexity index is 3270. The average molecular weight is 764 g/mol. The fourth-order valence-corrected chi connectivity index (χ4v) is 11.8. The van der Waals surface area contributed by atoms with Gasteiger partial charge in [0.25, 0.3) is 0 Å². The predicted octanol–water partition coefficient (Wildman–Crippen LogP) is 15.6. The van der Waals surface area contributed by atoms with Crippen LogP contribution in [0.15, 0.2) is 170 Å². The van der Waals surface area contributed by atoms with Gasteiger partial charge in [-0.15, -0.1) is 22.7 Å². The third-order valence-electron chi connectivity index (χ3n) is 12.3. The van der Waals surface area contributed by atoms with Gasteiger partial charge in [-0.2, -0.15) is 0 Å². The lowest BCUT2D eigenvalue weighted by molar-refractivity contribution is 0.772. The minimum Gasteiger partial charge on any atom is -0.334 e. The van der Waals surface area contributed by atoms with E-state index in [-0.39, 0.29) is 6.04 Å². The molecular formula is C54H37NS2. The molecule has 3 heteroatoms. The van der Waals surface area contributed by atoms with Crippen LogP contribution >= 0.6 is 22.7 Å². The molecule has 0 spiro atoms. The monoisotopic (exact) mass is 763 g/mol. The van der Waals surface area contributed by atoms with Crippen molar-refractivity contribution >= 4 is 98.0 Å². The van der Waals surface area contributed by atoms with Crippen LogP contribution in [0.25, 0.3) is 86.2 Å². The summed E-state index contributed by atoms with van der Waals surface area (Å²) in [5.41, 5.74) is 11.6. The summed E-state index contributed by atoms with van der Waals surface area (Å²) in [7, 11) is 0. The van der Waals surface area contributed by atoms with Crippen LogP contribution < -0.4 is 4.90 Å². The maximum absolute atomic E-state index is 2.55. The van der Waals surface area contributed by atoms with Crippen molar-refractivity contribution < 1.29 is 0 Å². The number of hydrogen-bond acceptors (Lipinski definition) is 3. The molecule has 0 saturated heterocycles. The van der Waals surface area contributed by atoms with E-state index in [0.29, 0.717) is 0 Å². The Balaban J connectivity index is 0.954. The Morgan fingerprint density at radius 2 is 1.00 bits per heavy atom. The van der Waals surface area contributed by atoms with Crippen molar-refractivity contribution in [3.63, 3.8) is 0 Å². The fraction of sp³-hybridized carbons (Fsp3) is 0.0741. The fourth-order valence-electron chi connectivity index (χ4n) is 9.51. The molecule has 2 aliphatic rings. The second-order valence-corrected chi connectivity index (χ2v) is 17.7. The molecule has 1 nitrogen and oxygen atoms in total. The van der Waals surface area contributed by atoms with E-state index < -0.39 is 0 Å². The predicted molar refractivity (Wildman–Crippen MR) is 250 cm³/mol. The number of fused-ring (bicyclic) bond motifs is 12. The van der Waals surface area contributed by atoms with Gasteiger partial charge in [-0.25, -0.2) is 0 Å². The van der Waals surface area contributed by atoms with Gasteiger partial charge >= 0.3 is 0 Å². The second-order valence-electron chi connectivity index (χ2n) is 15.5. The van der Waals surface area contributed by atoms with Crippen LogP contribution in [-0.2, 0) is 12.8 Å². The quantitative estimate of drug-likeness (QED) is 0.158. The molecule has 57 heavy (non-hydrogen) atoms. The summed E-state index contributed by atoms with van der Waals surface area (Å²) in [5.74, 6) is 0. The van der Waals surface area contributed by atoms with Gasteiger partial charge in [-0.05, 0) is 134 Å². The number of anilines is 2. The van der Waals surface area contributed by atoms with Crippen LogP contribution in [0.1, 0.15) is 28.0 Å². The molecule has 0 fully saturated rings. The number of rotatable bonds is 5. The smallest absolute Gasteiger partial charge is 0.0566 e. The number of aryl methyl sites for hydroxylation is 1. The van der Waals surface area contributed by atoms with Gasteiger partial charge in [0.05, 0.1) is 6.04 Å². The number of benzene rings is 8. The maximum Gasteiger partial charge on any atom is 0.0566 e. The minimum absolute atomic E-state index is 0.132. The van der Waals surface area contributed by atoms with E-state index in [2.05, 4.69) is 187 Å². The van der Waals surface area contributed by atoms with E-state index in [1.54, 1.807) is 0 Å². The highest BCUT2D eigenvalue weighted by Gasteiger charge is 2.26. The van der Waals surface area contributed by atoms with Gasteiger partial charge < -0.3 is 4.90 Å². The Morgan fingerprint density at radius 3 is 1.72 bits per heavy atom. The lowest BCUT2D eigenvalue weighted by Gasteiger charge is -2.35. The average Bonchev–Trinajstić information content (AvgIpc) is 3.85. The van der Waals surface area contributed by atoms with Crippen molar-refractivity contribution in [3.05, 3.63) is 191 Å². The lowest BCUT2D eigenvalue weighted by atomic mass is 9.84. The highest BCUT2D eigenvalue weighted by atomic mass is 32.1. The number of thiophene rings is 2. The molecule has 10 aromatic rings. The van der Waals surface area contributed by atoms with Crippen molar-refractivity contribution in [3.8, 4) is 22.3 Å². The summed E-state index contributed by atoms with van der Waals surface area (Å²) in [6.45, 7) is 0. The number of allylic oxidation sites excluding steroid dienone is 1. The van der Waals surface area contributed by atoms with E-state index in [0.717, 1.165) is 19.3 Å². The zero-order valence-electron chi connectivity index (χ0n) is 31.3. The Kier molecular flexibility index (Phi) is 7.61. The second kappa shape index (κ2) is 13.2. The first kappa shape index (κ1) is 32.9. The molecule has 12 rings (SSSR count). The first-order valence-electron chi connectivity index (χ1n) is 20.0. The van der Waals surface area contributed by atoms with E-state index in [4.69, 9.17) is 0 Å². The van der Waals surface area contributed by atoms with E-state index in [9.17, 15) is 0 Å². The van der Waals surface area contributed by atoms with Crippen molar-refractivity contribution in [2.75, 3.05) is 4.90 Å². The van der Waals surface area contributed by atoms with Gasteiger partial charge in [0, 0.05) is 46.5 Å². The normalized spacial score (nSPS) is 14.8. The first-order chi connectivity index (χ1) is 28.2. The largest absolute Gasteiger partial charge is 0.334 e. The van der Waals surface area contributed by atoms with Crippen LogP contribution in [0.5, 0.6) is 0 Å². The van der Waals surface area contributed by atoms with Crippen molar-refractivity contribution in [1.29, 1.82) is 0 Å². The van der Waals surface area contributed by atoms with Crippen LogP contribution in [0.2, 0.25) is 0 Å². The highest BCUT2D eigenvalue weighted by molar-refractivity contribution is 7.25. The lowest BCUT2D eigenvalue weighted by Crippen LogP contribution is -2.33. The standard InChI is InChI=1S/C54H37NS2/c1-2-11-43-41(9-1)42-10-3-4-12-44(42)48-33-40(27-28-45(43)48)55(38-23-17-34(18-24-38)36-21-29-53-49(31-36)46-13-5-7-15-51(46)56-53)39-25-19-35(20-26-39)37-22-30-54-50(32-37)47-14-6-8-16-52(47)57-54/h1-7,9-15,17-32,40H,8,16,33H2. The third-order valence-corrected chi connectivity index (χ3v) is 14.7. The molecule has 0 radical (unpaired) electrons. The molecule has 0 aliphatic heterocycles. The molecule has 0 bridgehead atoms. The molecule has 0 N–H and O–H groups in total. The van der Waals surface area contributed by atoms with Crippen LogP contribution in [0.3, 0.4) is 0 Å².